The summed E-state index contributed by atoms with van der Waals surface area (Å²) in [5.41, 5.74) is -0.908. The Balaban J connectivity index is 1.63. The minimum Gasteiger partial charge on any atom is -0.324 e. The lowest BCUT2D eigenvalue weighted by molar-refractivity contribution is -0.131. The molecule has 3 rings (SSSR count). The van der Waals surface area contributed by atoms with E-state index in [1.54, 1.807) is 26.0 Å². The molecule has 1 aromatic rings. The van der Waals surface area contributed by atoms with Crippen molar-refractivity contribution in [3.8, 4) is 0 Å². The van der Waals surface area contributed by atoms with Gasteiger partial charge in [-0.1, -0.05) is 17.7 Å². The van der Waals surface area contributed by atoms with Crippen molar-refractivity contribution in [2.75, 3.05) is 32.8 Å². The van der Waals surface area contributed by atoms with Crippen LogP contribution in [0.25, 0.3) is 0 Å². The summed E-state index contributed by atoms with van der Waals surface area (Å²) in [6, 6.07) is 5.75. The van der Waals surface area contributed by atoms with Crippen LogP contribution < -0.4 is 5.32 Å². The Morgan fingerprint density at radius 3 is 2.35 bits per heavy atom. The highest BCUT2D eigenvalue weighted by Gasteiger charge is 2.45. The second kappa shape index (κ2) is 6.80. The van der Waals surface area contributed by atoms with Gasteiger partial charge in [-0.3, -0.25) is 9.69 Å². The highest BCUT2D eigenvalue weighted by molar-refractivity contribution is 7.89. The smallest absolute Gasteiger partial charge is 0.324 e. The number of urea groups is 1. The van der Waals surface area contributed by atoms with E-state index in [-0.39, 0.29) is 30.6 Å². The SMILES string of the molecule is CC1(C)NC(=O)N(CN2CCN(S(=O)(=O)c3cccc(Cl)c3)CC2)C1=O. The van der Waals surface area contributed by atoms with Crippen molar-refractivity contribution in [3.05, 3.63) is 29.3 Å². The molecule has 142 valence electrons. The van der Waals surface area contributed by atoms with Gasteiger partial charge in [-0.2, -0.15) is 4.31 Å². The van der Waals surface area contributed by atoms with Gasteiger partial charge in [-0.25, -0.2) is 18.1 Å². The maximum atomic E-state index is 12.7. The fourth-order valence-electron chi connectivity index (χ4n) is 3.03. The molecule has 1 N–H and O–H groups in total. The first-order valence-electron chi connectivity index (χ1n) is 8.23. The number of sulfonamides is 1. The Bertz CT molecular complexity index is 834. The molecule has 0 bridgehead atoms. The van der Waals surface area contributed by atoms with E-state index in [0.29, 0.717) is 18.1 Å². The standard InChI is InChI=1S/C16H21ClN4O4S/c1-16(2)14(22)21(15(23)18-16)11-19-6-8-20(9-7-19)26(24,25)13-5-3-4-12(17)10-13/h3-5,10H,6-9,11H2,1-2H3,(H,18,23). The molecule has 2 aliphatic heterocycles. The fourth-order valence-corrected chi connectivity index (χ4v) is 4.76. The number of carbonyl (C=O) groups is 2. The van der Waals surface area contributed by atoms with Gasteiger partial charge in [0.1, 0.15) is 5.54 Å². The largest absolute Gasteiger partial charge is 0.326 e. The number of hydrogen-bond acceptors (Lipinski definition) is 5. The minimum absolute atomic E-state index is 0.152. The zero-order valence-electron chi connectivity index (χ0n) is 14.6. The summed E-state index contributed by atoms with van der Waals surface area (Å²) in [5.74, 6) is -0.281. The molecule has 0 saturated carbocycles. The molecule has 8 nitrogen and oxygen atoms in total. The van der Waals surface area contributed by atoms with E-state index in [1.807, 2.05) is 4.90 Å². The number of imide groups is 1. The molecule has 0 radical (unpaired) electrons. The van der Waals surface area contributed by atoms with Crippen LogP contribution in [0.4, 0.5) is 4.79 Å². The predicted octanol–water partition coefficient (Wildman–Crippen LogP) is 0.934. The minimum atomic E-state index is -3.61. The highest BCUT2D eigenvalue weighted by Crippen LogP contribution is 2.22. The third-order valence-corrected chi connectivity index (χ3v) is 6.68. The summed E-state index contributed by atoms with van der Waals surface area (Å²) in [5, 5.41) is 3.00. The summed E-state index contributed by atoms with van der Waals surface area (Å²) >= 11 is 5.89. The zero-order chi connectivity index (χ0) is 19.1. The van der Waals surface area contributed by atoms with E-state index < -0.39 is 21.6 Å². The van der Waals surface area contributed by atoms with E-state index in [9.17, 15) is 18.0 Å². The molecule has 2 aliphatic rings. The number of halogens is 1. The number of rotatable bonds is 4. The van der Waals surface area contributed by atoms with Crippen molar-refractivity contribution < 1.29 is 18.0 Å². The summed E-state index contributed by atoms with van der Waals surface area (Å²) in [7, 11) is -3.61. The van der Waals surface area contributed by atoms with Crippen molar-refractivity contribution in [2.45, 2.75) is 24.3 Å². The molecule has 2 saturated heterocycles. The first-order valence-corrected chi connectivity index (χ1v) is 10.1. The lowest BCUT2D eigenvalue weighted by atomic mass is 10.1. The molecule has 10 heteroatoms. The van der Waals surface area contributed by atoms with Crippen LogP contribution in [0.3, 0.4) is 0 Å². The number of nitrogens with one attached hydrogen (secondary N) is 1. The van der Waals surface area contributed by atoms with Crippen molar-refractivity contribution >= 4 is 33.6 Å². The second-order valence-electron chi connectivity index (χ2n) is 6.91. The normalized spacial score (nSPS) is 21.9. The zero-order valence-corrected chi connectivity index (χ0v) is 16.2. The van der Waals surface area contributed by atoms with Crippen LogP contribution in [0.5, 0.6) is 0 Å². The predicted molar refractivity (Wildman–Crippen MR) is 96.1 cm³/mol. The molecular weight excluding hydrogens is 380 g/mol. The molecule has 3 amide bonds. The average molecular weight is 401 g/mol. The number of carbonyl (C=O) groups excluding carboxylic acids is 2. The first-order chi connectivity index (χ1) is 12.1. The van der Waals surface area contributed by atoms with Gasteiger partial charge in [0, 0.05) is 31.2 Å². The summed E-state index contributed by atoms with van der Waals surface area (Å²) in [4.78, 5) is 27.4. The van der Waals surface area contributed by atoms with Gasteiger partial charge >= 0.3 is 6.03 Å². The van der Waals surface area contributed by atoms with Crippen LogP contribution in [0.1, 0.15) is 13.8 Å². The summed E-state index contributed by atoms with van der Waals surface area (Å²) in [6.45, 7) is 4.88. The maximum Gasteiger partial charge on any atom is 0.326 e. The van der Waals surface area contributed by atoms with E-state index in [2.05, 4.69) is 5.32 Å². The third kappa shape index (κ3) is 3.57. The average Bonchev–Trinajstić information content (AvgIpc) is 2.77. The van der Waals surface area contributed by atoms with Gasteiger partial charge in [0.25, 0.3) is 5.91 Å². The number of amides is 3. The Morgan fingerprint density at radius 2 is 1.81 bits per heavy atom. The molecule has 2 fully saturated rings. The van der Waals surface area contributed by atoms with Crippen molar-refractivity contribution in [3.63, 3.8) is 0 Å². The first kappa shape index (κ1) is 19.1. The molecule has 0 spiro atoms. The summed E-state index contributed by atoms with van der Waals surface area (Å²) in [6.07, 6.45) is 0. The molecular formula is C16H21ClN4O4S. The quantitative estimate of drug-likeness (QED) is 0.759. The van der Waals surface area contributed by atoms with E-state index >= 15 is 0 Å². The van der Waals surface area contributed by atoms with E-state index in [1.165, 1.54) is 21.3 Å². The number of nitrogens with zero attached hydrogens (tertiary/aromatic N) is 3. The van der Waals surface area contributed by atoms with Gasteiger partial charge in [-0.05, 0) is 32.0 Å². The van der Waals surface area contributed by atoms with Crippen LogP contribution in [0.15, 0.2) is 29.2 Å². The van der Waals surface area contributed by atoms with Crippen LogP contribution in [0.2, 0.25) is 5.02 Å². The van der Waals surface area contributed by atoms with Gasteiger partial charge in [0.05, 0.1) is 11.6 Å². The monoisotopic (exact) mass is 400 g/mol. The molecule has 1 aromatic carbocycles. The lowest BCUT2D eigenvalue weighted by Gasteiger charge is -2.35. The van der Waals surface area contributed by atoms with Gasteiger partial charge in [-0.15, -0.1) is 0 Å². The van der Waals surface area contributed by atoms with Crippen molar-refractivity contribution in [2.24, 2.45) is 0 Å². The lowest BCUT2D eigenvalue weighted by Crippen LogP contribution is -2.52. The molecule has 0 aliphatic carbocycles. The van der Waals surface area contributed by atoms with Crippen molar-refractivity contribution in [1.29, 1.82) is 0 Å². The molecule has 0 unspecified atom stereocenters. The Kier molecular flexibility index (Phi) is 5.00. The number of hydrogen-bond donors (Lipinski definition) is 1. The molecule has 2 heterocycles. The third-order valence-electron chi connectivity index (χ3n) is 4.55. The second-order valence-corrected chi connectivity index (χ2v) is 9.28. The van der Waals surface area contributed by atoms with Crippen LogP contribution >= 0.6 is 11.6 Å². The Morgan fingerprint density at radius 1 is 1.15 bits per heavy atom. The van der Waals surface area contributed by atoms with Crippen molar-refractivity contribution in [1.82, 2.24) is 19.4 Å². The topological polar surface area (TPSA) is 90.0 Å². The molecule has 0 aromatic heterocycles. The number of piperazine rings is 1. The van der Waals surface area contributed by atoms with E-state index in [4.69, 9.17) is 11.6 Å². The number of benzene rings is 1. The summed E-state index contributed by atoms with van der Waals surface area (Å²) < 4.78 is 26.8. The molecule has 0 atom stereocenters. The van der Waals surface area contributed by atoms with Gasteiger partial charge < -0.3 is 5.32 Å². The van der Waals surface area contributed by atoms with Crippen LogP contribution in [0, 0.1) is 0 Å². The van der Waals surface area contributed by atoms with E-state index in [0.717, 1.165) is 0 Å². The Hall–Kier alpha value is -1.68. The van der Waals surface area contributed by atoms with Crippen LogP contribution in [-0.4, -0.2) is 72.8 Å². The fraction of sp³-hybridized carbons (Fsp3) is 0.500. The maximum absolute atomic E-state index is 12.7. The Labute approximate surface area is 157 Å². The van der Waals surface area contributed by atoms with Gasteiger partial charge in [0.15, 0.2) is 0 Å². The van der Waals surface area contributed by atoms with Gasteiger partial charge in [0.2, 0.25) is 10.0 Å². The molecule has 26 heavy (non-hydrogen) atoms. The van der Waals surface area contributed by atoms with Crippen LogP contribution in [-0.2, 0) is 14.8 Å². The highest BCUT2D eigenvalue weighted by atomic mass is 35.5.